The summed E-state index contributed by atoms with van der Waals surface area (Å²) in [6.07, 6.45) is 0.649. The SMILES string of the molecule is CCNc1cc2c(cn1)c(-c1ccc3c(c1)CNC3=O)nn2C1CCC(Oc2cnn(C)c2C(F)(F)F)CC1. The molecule has 1 aliphatic carbocycles. The zero-order valence-electron chi connectivity index (χ0n) is 21.5. The van der Waals surface area contributed by atoms with E-state index in [-0.39, 0.29) is 23.8 Å². The molecule has 9 nitrogen and oxygen atoms in total. The van der Waals surface area contributed by atoms with Crippen LogP contribution in [0.4, 0.5) is 19.0 Å². The monoisotopic (exact) mass is 539 g/mol. The van der Waals surface area contributed by atoms with Gasteiger partial charge in [0.1, 0.15) is 11.5 Å². The molecule has 1 amide bonds. The molecule has 4 aromatic rings. The first-order chi connectivity index (χ1) is 18.7. The molecule has 0 atom stereocenters. The number of nitrogens with zero attached hydrogens (tertiary/aromatic N) is 5. The fourth-order valence-corrected chi connectivity index (χ4v) is 5.60. The number of nitrogens with one attached hydrogen (secondary N) is 2. The number of benzene rings is 1. The number of anilines is 1. The Balaban J connectivity index is 1.28. The molecule has 1 aromatic carbocycles. The molecule has 0 bridgehead atoms. The number of hydrogen-bond donors (Lipinski definition) is 2. The minimum atomic E-state index is -4.54. The second-order valence-corrected chi connectivity index (χ2v) is 9.99. The highest BCUT2D eigenvalue weighted by Crippen LogP contribution is 2.40. The van der Waals surface area contributed by atoms with Gasteiger partial charge in [-0.05, 0) is 50.3 Å². The third kappa shape index (κ3) is 4.57. The highest BCUT2D eigenvalue weighted by Gasteiger charge is 2.39. The summed E-state index contributed by atoms with van der Waals surface area (Å²) in [6, 6.07) is 7.77. The predicted octanol–water partition coefficient (Wildman–Crippen LogP) is 5.09. The summed E-state index contributed by atoms with van der Waals surface area (Å²) < 4.78 is 49.0. The van der Waals surface area contributed by atoms with Crippen LogP contribution in [0.2, 0.25) is 0 Å². The van der Waals surface area contributed by atoms with Crippen molar-refractivity contribution in [3.05, 3.63) is 53.5 Å². The van der Waals surface area contributed by atoms with Crippen molar-refractivity contribution in [3.8, 4) is 17.0 Å². The fraction of sp³-hybridized carbons (Fsp3) is 0.407. The van der Waals surface area contributed by atoms with Crippen molar-refractivity contribution in [3.63, 3.8) is 0 Å². The molecular formula is C27H28F3N7O2. The van der Waals surface area contributed by atoms with Crippen LogP contribution in [-0.4, -0.2) is 43.1 Å². The molecule has 0 radical (unpaired) electrons. The van der Waals surface area contributed by atoms with Crippen LogP contribution in [0.1, 0.15) is 60.3 Å². The first-order valence-corrected chi connectivity index (χ1v) is 13.0. The van der Waals surface area contributed by atoms with Crippen LogP contribution in [0.3, 0.4) is 0 Å². The lowest BCUT2D eigenvalue weighted by Crippen LogP contribution is -2.27. The first kappa shape index (κ1) is 25.2. The van der Waals surface area contributed by atoms with Gasteiger partial charge in [-0.15, -0.1) is 0 Å². The normalized spacial score (nSPS) is 19.3. The molecule has 2 aliphatic rings. The minimum Gasteiger partial charge on any atom is -0.486 e. The fourth-order valence-electron chi connectivity index (χ4n) is 5.60. The zero-order valence-corrected chi connectivity index (χ0v) is 21.5. The van der Waals surface area contributed by atoms with Gasteiger partial charge in [-0.1, -0.05) is 6.07 Å². The standard InChI is InChI=1S/C27H28F3N7O2/c1-3-31-23-11-21-20(13-32-23)24(15-4-9-19-16(10-15)12-33-26(19)38)35-37(21)17-5-7-18(8-6-17)39-22-14-34-36(2)25(22)27(28,29)30/h4,9-11,13-14,17-18H,3,5-8,12H2,1-2H3,(H,31,32)(H,33,38). The van der Waals surface area contributed by atoms with Gasteiger partial charge < -0.3 is 15.4 Å². The third-order valence-electron chi connectivity index (χ3n) is 7.47. The maximum atomic E-state index is 13.5. The lowest BCUT2D eigenvalue weighted by Gasteiger charge is -2.29. The van der Waals surface area contributed by atoms with Crippen LogP contribution >= 0.6 is 0 Å². The average molecular weight is 540 g/mol. The van der Waals surface area contributed by atoms with Gasteiger partial charge in [0, 0.05) is 48.9 Å². The molecule has 1 aliphatic heterocycles. The molecule has 6 rings (SSSR count). The number of alkyl halides is 3. The van der Waals surface area contributed by atoms with Crippen molar-refractivity contribution in [2.75, 3.05) is 11.9 Å². The lowest BCUT2D eigenvalue weighted by atomic mass is 9.93. The van der Waals surface area contributed by atoms with Crippen molar-refractivity contribution < 1.29 is 22.7 Å². The Morgan fingerprint density at radius 2 is 1.95 bits per heavy atom. The van der Waals surface area contributed by atoms with Crippen molar-refractivity contribution >= 4 is 22.6 Å². The molecule has 2 N–H and O–H groups in total. The van der Waals surface area contributed by atoms with Crippen molar-refractivity contribution in [2.24, 2.45) is 7.05 Å². The summed E-state index contributed by atoms with van der Waals surface area (Å²) in [5.41, 5.74) is 3.36. The molecule has 39 heavy (non-hydrogen) atoms. The van der Waals surface area contributed by atoms with Gasteiger partial charge in [-0.2, -0.15) is 23.4 Å². The quantitative estimate of drug-likeness (QED) is 0.354. The Morgan fingerprint density at radius 1 is 1.15 bits per heavy atom. The molecule has 0 spiro atoms. The Labute approximate surface area is 222 Å². The van der Waals surface area contributed by atoms with Gasteiger partial charge in [0.15, 0.2) is 11.4 Å². The van der Waals surface area contributed by atoms with Crippen molar-refractivity contribution in [1.29, 1.82) is 0 Å². The Kier molecular flexibility index (Phi) is 6.19. The van der Waals surface area contributed by atoms with Gasteiger partial charge in [0.05, 0.1) is 23.9 Å². The van der Waals surface area contributed by atoms with E-state index in [0.29, 0.717) is 37.8 Å². The third-order valence-corrected chi connectivity index (χ3v) is 7.47. The van der Waals surface area contributed by atoms with E-state index in [9.17, 15) is 18.0 Å². The highest BCUT2D eigenvalue weighted by molar-refractivity contribution is 6.00. The van der Waals surface area contributed by atoms with Crippen LogP contribution in [-0.2, 0) is 19.8 Å². The Morgan fingerprint density at radius 3 is 2.69 bits per heavy atom. The van der Waals surface area contributed by atoms with Gasteiger partial charge >= 0.3 is 6.18 Å². The number of carbonyl (C=O) groups excluding carboxylic acids is 1. The van der Waals surface area contributed by atoms with Crippen LogP contribution in [0.15, 0.2) is 36.7 Å². The maximum Gasteiger partial charge on any atom is 0.436 e. The summed E-state index contributed by atoms with van der Waals surface area (Å²) in [4.78, 5) is 16.6. The molecule has 0 unspecified atom stereocenters. The number of rotatable bonds is 6. The molecule has 1 saturated carbocycles. The molecule has 12 heteroatoms. The molecular weight excluding hydrogens is 511 g/mol. The number of pyridine rings is 1. The van der Waals surface area contributed by atoms with E-state index in [4.69, 9.17) is 9.84 Å². The largest absolute Gasteiger partial charge is 0.486 e. The Hall–Kier alpha value is -4.09. The van der Waals surface area contributed by atoms with Crippen LogP contribution in [0.5, 0.6) is 5.75 Å². The second kappa shape index (κ2) is 9.58. The van der Waals surface area contributed by atoms with Gasteiger partial charge in [0.2, 0.25) is 0 Å². The van der Waals surface area contributed by atoms with Gasteiger partial charge in [-0.25, -0.2) is 4.98 Å². The minimum absolute atomic E-state index is 0.0478. The number of carbonyl (C=O) groups is 1. The van der Waals surface area contributed by atoms with Gasteiger partial charge in [-0.3, -0.25) is 14.2 Å². The zero-order chi connectivity index (χ0) is 27.3. The number of hydrogen-bond acceptors (Lipinski definition) is 6. The van der Waals surface area contributed by atoms with E-state index in [1.807, 2.05) is 42.1 Å². The number of fused-ring (bicyclic) bond motifs is 2. The maximum absolute atomic E-state index is 13.5. The van der Waals surface area contributed by atoms with E-state index in [1.165, 1.54) is 7.05 Å². The van der Waals surface area contributed by atoms with E-state index in [2.05, 4.69) is 20.7 Å². The summed E-state index contributed by atoms with van der Waals surface area (Å²) in [6.45, 7) is 3.21. The average Bonchev–Trinajstić information content (AvgIpc) is 3.59. The Bertz CT molecular complexity index is 1550. The number of amides is 1. The number of aryl methyl sites for hydroxylation is 1. The van der Waals surface area contributed by atoms with Crippen LogP contribution in [0, 0.1) is 0 Å². The van der Waals surface area contributed by atoms with E-state index in [1.54, 1.807) is 0 Å². The van der Waals surface area contributed by atoms with Crippen LogP contribution < -0.4 is 15.4 Å². The molecule has 3 aromatic heterocycles. The van der Waals surface area contributed by atoms with Crippen molar-refractivity contribution in [1.82, 2.24) is 29.9 Å². The summed E-state index contributed by atoms with van der Waals surface area (Å²) >= 11 is 0. The molecule has 4 heterocycles. The predicted molar refractivity (Wildman–Crippen MR) is 138 cm³/mol. The summed E-state index contributed by atoms with van der Waals surface area (Å²) in [7, 11) is 1.26. The topological polar surface area (TPSA) is 98.9 Å². The molecule has 1 fully saturated rings. The van der Waals surface area contributed by atoms with Gasteiger partial charge in [0.25, 0.3) is 5.91 Å². The van der Waals surface area contributed by atoms with E-state index >= 15 is 0 Å². The molecule has 204 valence electrons. The van der Waals surface area contributed by atoms with E-state index < -0.39 is 11.9 Å². The highest BCUT2D eigenvalue weighted by atomic mass is 19.4. The number of ether oxygens (including phenoxy) is 1. The number of halogens is 3. The van der Waals surface area contributed by atoms with Crippen molar-refractivity contribution in [2.45, 2.75) is 57.5 Å². The first-order valence-electron chi connectivity index (χ1n) is 13.0. The van der Waals surface area contributed by atoms with Crippen LogP contribution in [0.25, 0.3) is 22.2 Å². The second-order valence-electron chi connectivity index (χ2n) is 9.99. The van der Waals surface area contributed by atoms with E-state index in [0.717, 1.165) is 51.0 Å². The molecule has 0 saturated heterocycles. The smallest absolute Gasteiger partial charge is 0.436 e. The summed E-state index contributed by atoms with van der Waals surface area (Å²) in [5.74, 6) is 0.442. The lowest BCUT2D eigenvalue weighted by molar-refractivity contribution is -0.145. The number of aromatic nitrogens is 5. The summed E-state index contributed by atoms with van der Waals surface area (Å²) in [5, 5.41) is 15.8.